The Kier molecular flexibility index (Phi) is 3.82. The number of nitrogens with zero attached hydrogens (tertiary/aromatic N) is 2. The summed E-state index contributed by atoms with van der Waals surface area (Å²) in [5, 5.41) is 0.471. The van der Waals surface area contributed by atoms with E-state index in [4.69, 9.17) is 34.8 Å². The summed E-state index contributed by atoms with van der Waals surface area (Å²) in [6, 6.07) is 9.92. The molecule has 0 aliphatic carbocycles. The van der Waals surface area contributed by atoms with E-state index in [2.05, 4.69) is 4.98 Å². The molecule has 0 amide bonds. The Morgan fingerprint density at radius 3 is 2.33 bits per heavy atom. The van der Waals surface area contributed by atoms with Gasteiger partial charge >= 0.3 is 0 Å². The predicted molar refractivity (Wildman–Crippen MR) is 85.3 cm³/mol. The third kappa shape index (κ3) is 2.39. The summed E-state index contributed by atoms with van der Waals surface area (Å²) in [5.74, 6) is 0.0831. The Bertz CT molecular complexity index is 807. The number of rotatable bonds is 2. The lowest BCUT2D eigenvalue weighted by atomic mass is 10.2. The first-order chi connectivity index (χ1) is 10.0. The van der Waals surface area contributed by atoms with Gasteiger partial charge in [0.25, 0.3) is 0 Å². The van der Waals surface area contributed by atoms with Crippen LogP contribution in [-0.4, -0.2) is 9.55 Å². The van der Waals surface area contributed by atoms with Gasteiger partial charge in [0.05, 0.1) is 26.6 Å². The van der Waals surface area contributed by atoms with Crippen molar-refractivity contribution in [2.45, 2.75) is 12.3 Å². The lowest BCUT2D eigenvalue weighted by Crippen LogP contribution is -2.03. The highest BCUT2D eigenvalue weighted by Gasteiger charge is 2.21. The molecule has 1 unspecified atom stereocenters. The fourth-order valence-electron chi connectivity index (χ4n) is 2.29. The number of alkyl halides is 1. The van der Waals surface area contributed by atoms with Gasteiger partial charge in [-0.3, -0.25) is 4.57 Å². The summed E-state index contributed by atoms with van der Waals surface area (Å²) >= 11 is 18.7. The van der Waals surface area contributed by atoms with Crippen molar-refractivity contribution in [2.75, 3.05) is 0 Å². The normalized spacial score (nSPS) is 12.8. The molecule has 0 aliphatic rings. The van der Waals surface area contributed by atoms with Crippen molar-refractivity contribution < 1.29 is 4.39 Å². The highest BCUT2D eigenvalue weighted by molar-refractivity contribution is 6.38. The van der Waals surface area contributed by atoms with Crippen LogP contribution in [0.4, 0.5) is 4.39 Å². The van der Waals surface area contributed by atoms with Crippen molar-refractivity contribution in [3.63, 3.8) is 0 Å². The summed E-state index contributed by atoms with van der Waals surface area (Å²) in [4.78, 5) is 4.31. The van der Waals surface area contributed by atoms with Crippen LogP contribution < -0.4 is 0 Å². The molecule has 1 atom stereocenters. The first kappa shape index (κ1) is 14.6. The van der Waals surface area contributed by atoms with E-state index in [-0.39, 0.29) is 5.52 Å². The Morgan fingerprint density at radius 2 is 1.71 bits per heavy atom. The quantitative estimate of drug-likeness (QED) is 0.540. The number of halogens is 4. The molecule has 0 N–H and O–H groups in total. The van der Waals surface area contributed by atoms with Gasteiger partial charge in [-0.25, -0.2) is 9.37 Å². The number of aromatic nitrogens is 2. The van der Waals surface area contributed by atoms with Gasteiger partial charge < -0.3 is 0 Å². The molecule has 3 rings (SSSR count). The molecule has 0 fully saturated rings. The highest BCUT2D eigenvalue weighted by atomic mass is 35.5. The third-order valence-electron chi connectivity index (χ3n) is 3.18. The SMILES string of the molecule is CC(Cl)c1nc2c(F)cccc2n1-c1c(Cl)cccc1Cl. The fraction of sp³-hybridized carbons (Fsp3) is 0.133. The van der Waals surface area contributed by atoms with Gasteiger partial charge in [-0.05, 0) is 31.2 Å². The Labute approximate surface area is 136 Å². The van der Waals surface area contributed by atoms with Crippen LogP contribution >= 0.6 is 34.8 Å². The van der Waals surface area contributed by atoms with Crippen molar-refractivity contribution in [1.82, 2.24) is 9.55 Å². The Balaban J connectivity index is 2.46. The van der Waals surface area contributed by atoms with Crippen LogP contribution in [0, 0.1) is 5.82 Å². The smallest absolute Gasteiger partial charge is 0.151 e. The summed E-state index contributed by atoms with van der Waals surface area (Å²) in [6.07, 6.45) is 0. The minimum Gasteiger partial charge on any atom is -0.292 e. The van der Waals surface area contributed by atoms with Crippen LogP contribution in [0.25, 0.3) is 16.7 Å². The second kappa shape index (κ2) is 5.48. The van der Waals surface area contributed by atoms with Gasteiger partial charge in [-0.1, -0.05) is 35.3 Å². The number of hydrogen-bond acceptors (Lipinski definition) is 1. The molecule has 21 heavy (non-hydrogen) atoms. The number of hydrogen-bond donors (Lipinski definition) is 0. The number of fused-ring (bicyclic) bond motifs is 1. The van der Waals surface area contributed by atoms with E-state index in [0.717, 1.165) is 0 Å². The molecule has 0 saturated carbocycles. The zero-order chi connectivity index (χ0) is 15.1. The highest BCUT2D eigenvalue weighted by Crippen LogP contribution is 2.35. The van der Waals surface area contributed by atoms with Gasteiger partial charge in [0.2, 0.25) is 0 Å². The minimum atomic E-state index is -0.427. The number of para-hydroxylation sites is 2. The maximum absolute atomic E-state index is 14.0. The summed E-state index contributed by atoms with van der Waals surface area (Å²) in [6.45, 7) is 1.77. The lowest BCUT2D eigenvalue weighted by molar-refractivity contribution is 0.637. The predicted octanol–water partition coefficient (Wildman–Crippen LogP) is 5.77. The molecule has 0 aliphatic heterocycles. The average Bonchev–Trinajstić information content (AvgIpc) is 2.80. The average molecular weight is 344 g/mol. The number of benzene rings is 2. The lowest BCUT2D eigenvalue weighted by Gasteiger charge is -2.13. The maximum Gasteiger partial charge on any atom is 0.151 e. The molecule has 0 spiro atoms. The molecular weight excluding hydrogens is 334 g/mol. The molecule has 6 heteroatoms. The summed E-state index contributed by atoms with van der Waals surface area (Å²) in [5.41, 5.74) is 1.37. The molecule has 2 aromatic carbocycles. The summed E-state index contributed by atoms with van der Waals surface area (Å²) in [7, 11) is 0. The largest absolute Gasteiger partial charge is 0.292 e. The van der Waals surface area contributed by atoms with Gasteiger partial charge in [-0.2, -0.15) is 0 Å². The van der Waals surface area contributed by atoms with Crippen molar-refractivity contribution >= 4 is 45.8 Å². The molecule has 1 aromatic heterocycles. The molecule has 0 bridgehead atoms. The second-order valence-corrected chi connectivity index (χ2v) is 6.07. The topological polar surface area (TPSA) is 17.8 Å². The van der Waals surface area contributed by atoms with Crippen LogP contribution in [-0.2, 0) is 0 Å². The van der Waals surface area contributed by atoms with Crippen LogP contribution in [0.15, 0.2) is 36.4 Å². The first-order valence-corrected chi connectivity index (χ1v) is 7.45. The molecule has 0 radical (unpaired) electrons. The zero-order valence-corrected chi connectivity index (χ0v) is 13.2. The monoisotopic (exact) mass is 342 g/mol. The maximum atomic E-state index is 14.0. The van der Waals surface area contributed by atoms with Crippen LogP contribution in [0.1, 0.15) is 18.1 Å². The van der Waals surface area contributed by atoms with Gasteiger partial charge in [0.1, 0.15) is 11.3 Å². The first-order valence-electron chi connectivity index (χ1n) is 6.26. The standard InChI is InChI=1S/C15H10Cl3FN2/c1-8(16)15-20-13-11(19)6-3-7-12(13)21(15)14-9(17)4-2-5-10(14)18/h2-8H,1H3. The minimum absolute atomic E-state index is 0.246. The molecule has 108 valence electrons. The van der Waals surface area contributed by atoms with E-state index >= 15 is 0 Å². The third-order valence-corrected chi connectivity index (χ3v) is 3.98. The van der Waals surface area contributed by atoms with Gasteiger partial charge in [0.15, 0.2) is 5.82 Å². The van der Waals surface area contributed by atoms with Crippen molar-refractivity contribution in [1.29, 1.82) is 0 Å². The molecule has 0 saturated heterocycles. The van der Waals surface area contributed by atoms with E-state index in [1.807, 2.05) is 0 Å². The van der Waals surface area contributed by atoms with Crippen LogP contribution in [0.5, 0.6) is 0 Å². The Morgan fingerprint density at radius 1 is 1.10 bits per heavy atom. The van der Waals surface area contributed by atoms with Gasteiger partial charge in [-0.15, -0.1) is 11.6 Å². The fourth-order valence-corrected chi connectivity index (χ4v) is 3.00. The van der Waals surface area contributed by atoms with Crippen molar-refractivity contribution in [3.05, 3.63) is 58.1 Å². The van der Waals surface area contributed by atoms with Crippen molar-refractivity contribution in [2.24, 2.45) is 0 Å². The molecule has 3 aromatic rings. The van der Waals surface area contributed by atoms with E-state index in [1.54, 1.807) is 41.8 Å². The van der Waals surface area contributed by atoms with Crippen molar-refractivity contribution in [3.8, 4) is 5.69 Å². The molecule has 2 nitrogen and oxygen atoms in total. The Hall–Kier alpha value is -1.29. The molecular formula is C15H10Cl3FN2. The molecule has 1 heterocycles. The van der Waals surface area contributed by atoms with Crippen LogP contribution in [0.3, 0.4) is 0 Å². The van der Waals surface area contributed by atoms with Crippen LogP contribution in [0.2, 0.25) is 10.0 Å². The van der Waals surface area contributed by atoms with E-state index in [9.17, 15) is 4.39 Å². The number of imidazole rings is 1. The van der Waals surface area contributed by atoms with E-state index in [1.165, 1.54) is 6.07 Å². The van der Waals surface area contributed by atoms with E-state index in [0.29, 0.717) is 27.1 Å². The summed E-state index contributed by atoms with van der Waals surface area (Å²) < 4.78 is 15.7. The second-order valence-electron chi connectivity index (χ2n) is 4.60. The zero-order valence-electron chi connectivity index (χ0n) is 10.9. The van der Waals surface area contributed by atoms with Gasteiger partial charge in [0, 0.05) is 0 Å². The van der Waals surface area contributed by atoms with E-state index < -0.39 is 11.2 Å².